The number of carbonyl (C=O) groups excluding carboxylic acids is 1. The number of hydrogen-bond acceptors (Lipinski definition) is 3. The summed E-state index contributed by atoms with van der Waals surface area (Å²) in [6, 6.07) is 24.2. The molecular weight excluding hydrogens is 374 g/mol. The molecule has 0 radical (unpaired) electrons. The van der Waals surface area contributed by atoms with Crippen LogP contribution < -0.4 is 14.8 Å². The number of carbonyl (C=O) groups is 1. The first-order valence-electron chi connectivity index (χ1n) is 10.2. The Morgan fingerprint density at radius 3 is 1.93 bits per heavy atom. The van der Waals surface area contributed by atoms with Crippen LogP contribution in [0, 0.1) is 5.41 Å². The van der Waals surface area contributed by atoms with Crippen molar-refractivity contribution in [3.8, 4) is 11.5 Å². The van der Waals surface area contributed by atoms with E-state index in [1.165, 1.54) is 0 Å². The number of nitrogens with one attached hydrogen (secondary N) is 1. The Kier molecular flexibility index (Phi) is 5.49. The van der Waals surface area contributed by atoms with Crippen LogP contribution in [0.5, 0.6) is 11.5 Å². The fourth-order valence-electron chi connectivity index (χ4n) is 4.61. The normalized spacial score (nSPS) is 17.0. The van der Waals surface area contributed by atoms with Gasteiger partial charge in [-0.25, -0.2) is 0 Å². The predicted molar refractivity (Wildman–Crippen MR) is 119 cm³/mol. The van der Waals surface area contributed by atoms with Gasteiger partial charge >= 0.3 is 0 Å². The molecule has 0 aromatic heterocycles. The summed E-state index contributed by atoms with van der Waals surface area (Å²) in [4.78, 5) is 13.7. The van der Waals surface area contributed by atoms with E-state index in [-0.39, 0.29) is 11.8 Å². The predicted octanol–water partition coefficient (Wildman–Crippen LogP) is 5.23. The SMILES string of the molecule is COc1cc2c(c(OC)c1)C(C)C(Cc1ccccc1)(Cc1ccccc1)C(=O)N2. The highest BCUT2D eigenvalue weighted by Gasteiger charge is 2.49. The lowest BCUT2D eigenvalue weighted by atomic mass is 9.63. The Balaban J connectivity index is 1.86. The topological polar surface area (TPSA) is 47.6 Å². The lowest BCUT2D eigenvalue weighted by Crippen LogP contribution is -2.47. The smallest absolute Gasteiger partial charge is 0.231 e. The second-order valence-corrected chi connectivity index (χ2v) is 7.95. The number of amides is 1. The molecule has 1 amide bonds. The van der Waals surface area contributed by atoms with Gasteiger partial charge in [0.1, 0.15) is 11.5 Å². The number of methoxy groups -OCH3 is 2. The van der Waals surface area contributed by atoms with E-state index in [9.17, 15) is 4.79 Å². The van der Waals surface area contributed by atoms with Gasteiger partial charge in [-0.3, -0.25) is 4.79 Å². The molecule has 0 saturated heterocycles. The molecule has 4 heteroatoms. The van der Waals surface area contributed by atoms with Crippen molar-refractivity contribution in [1.82, 2.24) is 0 Å². The van der Waals surface area contributed by atoms with Gasteiger partial charge in [0.25, 0.3) is 0 Å². The molecular formula is C26H27NO3. The van der Waals surface area contributed by atoms with Crippen LogP contribution in [0.4, 0.5) is 5.69 Å². The highest BCUT2D eigenvalue weighted by molar-refractivity contribution is 6.00. The van der Waals surface area contributed by atoms with Crippen molar-refractivity contribution < 1.29 is 14.3 Å². The zero-order chi connectivity index (χ0) is 21.1. The maximum Gasteiger partial charge on any atom is 0.231 e. The van der Waals surface area contributed by atoms with Crippen LogP contribution in [0.2, 0.25) is 0 Å². The fourth-order valence-corrected chi connectivity index (χ4v) is 4.61. The van der Waals surface area contributed by atoms with E-state index < -0.39 is 5.41 Å². The van der Waals surface area contributed by atoms with Gasteiger partial charge in [-0.05, 0) is 24.0 Å². The van der Waals surface area contributed by atoms with Crippen LogP contribution in [0.25, 0.3) is 0 Å². The number of benzene rings is 3. The second kappa shape index (κ2) is 8.23. The van der Waals surface area contributed by atoms with E-state index in [1.807, 2.05) is 48.5 Å². The van der Waals surface area contributed by atoms with Crippen molar-refractivity contribution in [2.75, 3.05) is 19.5 Å². The molecule has 1 unspecified atom stereocenters. The quantitative estimate of drug-likeness (QED) is 0.615. The van der Waals surface area contributed by atoms with Gasteiger partial charge in [0.15, 0.2) is 0 Å². The zero-order valence-corrected chi connectivity index (χ0v) is 17.6. The van der Waals surface area contributed by atoms with Gasteiger partial charge in [-0.2, -0.15) is 0 Å². The van der Waals surface area contributed by atoms with E-state index in [4.69, 9.17) is 9.47 Å². The van der Waals surface area contributed by atoms with Crippen LogP contribution in [0.3, 0.4) is 0 Å². The largest absolute Gasteiger partial charge is 0.497 e. The molecule has 30 heavy (non-hydrogen) atoms. The molecule has 1 atom stereocenters. The van der Waals surface area contributed by atoms with Gasteiger partial charge in [0.05, 0.1) is 25.3 Å². The zero-order valence-electron chi connectivity index (χ0n) is 17.6. The van der Waals surface area contributed by atoms with E-state index in [0.29, 0.717) is 18.6 Å². The minimum Gasteiger partial charge on any atom is -0.497 e. The highest BCUT2D eigenvalue weighted by atomic mass is 16.5. The van der Waals surface area contributed by atoms with Crippen molar-refractivity contribution in [2.45, 2.75) is 25.7 Å². The van der Waals surface area contributed by atoms with Gasteiger partial charge in [0.2, 0.25) is 5.91 Å². The monoisotopic (exact) mass is 401 g/mol. The third-order valence-corrected chi connectivity index (χ3v) is 6.26. The van der Waals surface area contributed by atoms with E-state index in [0.717, 1.165) is 28.1 Å². The third kappa shape index (κ3) is 3.54. The Hall–Kier alpha value is -3.27. The fraction of sp³-hybridized carbons (Fsp3) is 0.269. The second-order valence-electron chi connectivity index (χ2n) is 7.95. The molecule has 0 spiro atoms. The number of ether oxygens (including phenoxy) is 2. The van der Waals surface area contributed by atoms with Crippen LogP contribution in [-0.2, 0) is 17.6 Å². The summed E-state index contributed by atoms with van der Waals surface area (Å²) in [6.45, 7) is 2.14. The lowest BCUT2D eigenvalue weighted by molar-refractivity contribution is -0.127. The summed E-state index contributed by atoms with van der Waals surface area (Å²) in [5.41, 5.74) is 3.43. The minimum absolute atomic E-state index is 0.0329. The third-order valence-electron chi connectivity index (χ3n) is 6.26. The number of hydrogen-bond donors (Lipinski definition) is 1. The molecule has 4 nitrogen and oxygen atoms in total. The number of anilines is 1. The van der Waals surface area contributed by atoms with Gasteiger partial charge in [-0.1, -0.05) is 67.6 Å². The molecule has 3 aromatic rings. The average Bonchev–Trinajstić information content (AvgIpc) is 2.78. The summed E-state index contributed by atoms with van der Waals surface area (Å²) < 4.78 is 11.1. The van der Waals surface area contributed by atoms with Gasteiger partial charge in [-0.15, -0.1) is 0 Å². The summed E-state index contributed by atoms with van der Waals surface area (Å²) in [6.07, 6.45) is 1.29. The molecule has 154 valence electrons. The van der Waals surface area contributed by atoms with E-state index in [2.05, 4.69) is 36.5 Å². The van der Waals surface area contributed by atoms with E-state index >= 15 is 0 Å². The maximum atomic E-state index is 13.7. The molecule has 1 aliphatic rings. The first kappa shape index (κ1) is 20.0. The molecule has 0 bridgehead atoms. The Labute approximate surface area is 177 Å². The van der Waals surface area contributed by atoms with Gasteiger partial charge in [0, 0.05) is 23.6 Å². The molecule has 3 aromatic carbocycles. The molecule has 1 N–H and O–H groups in total. The van der Waals surface area contributed by atoms with Crippen molar-refractivity contribution in [3.63, 3.8) is 0 Å². The first-order chi connectivity index (χ1) is 14.6. The van der Waals surface area contributed by atoms with E-state index in [1.54, 1.807) is 14.2 Å². The molecule has 4 rings (SSSR count). The molecule has 0 fully saturated rings. The van der Waals surface area contributed by atoms with Crippen LogP contribution in [0.15, 0.2) is 72.8 Å². The summed E-state index contributed by atoms with van der Waals surface area (Å²) in [7, 11) is 3.28. The molecule has 1 aliphatic heterocycles. The first-order valence-corrected chi connectivity index (χ1v) is 10.2. The van der Waals surface area contributed by atoms with Crippen LogP contribution in [0.1, 0.15) is 29.5 Å². The Bertz CT molecular complexity index is 989. The highest BCUT2D eigenvalue weighted by Crippen LogP contribution is 2.52. The van der Waals surface area contributed by atoms with Crippen LogP contribution >= 0.6 is 0 Å². The maximum absolute atomic E-state index is 13.7. The minimum atomic E-state index is -0.641. The van der Waals surface area contributed by atoms with Crippen molar-refractivity contribution in [1.29, 1.82) is 0 Å². The standard InChI is InChI=1S/C26H27NO3/c1-18-24-22(14-21(29-2)15-23(24)30-3)27-25(28)26(18,16-19-10-6-4-7-11-19)17-20-12-8-5-9-13-20/h4-15,18H,16-17H2,1-3H3,(H,27,28). The van der Waals surface area contributed by atoms with Crippen molar-refractivity contribution in [3.05, 3.63) is 89.5 Å². The summed E-state index contributed by atoms with van der Waals surface area (Å²) in [5, 5.41) is 3.17. The molecule has 1 heterocycles. The Morgan fingerprint density at radius 1 is 0.867 bits per heavy atom. The summed E-state index contributed by atoms with van der Waals surface area (Å²) in [5.74, 6) is 1.38. The van der Waals surface area contributed by atoms with Gasteiger partial charge < -0.3 is 14.8 Å². The van der Waals surface area contributed by atoms with Crippen molar-refractivity contribution in [2.24, 2.45) is 5.41 Å². The average molecular weight is 402 g/mol. The number of fused-ring (bicyclic) bond motifs is 1. The molecule has 0 aliphatic carbocycles. The Morgan fingerprint density at radius 2 is 1.43 bits per heavy atom. The molecule has 0 saturated carbocycles. The van der Waals surface area contributed by atoms with Crippen LogP contribution in [-0.4, -0.2) is 20.1 Å². The van der Waals surface area contributed by atoms with Crippen molar-refractivity contribution >= 4 is 11.6 Å². The summed E-state index contributed by atoms with van der Waals surface area (Å²) >= 11 is 0. The lowest BCUT2D eigenvalue weighted by Gasteiger charge is -2.43. The number of rotatable bonds is 6.